The first kappa shape index (κ1) is 18.8. The van der Waals surface area contributed by atoms with Crippen molar-refractivity contribution in [2.75, 3.05) is 10.6 Å². The maximum atomic E-state index is 12.5. The number of para-hydroxylation sites is 1. The molecule has 0 atom stereocenters. The number of carbonyl (C=O) groups is 3. The van der Waals surface area contributed by atoms with E-state index in [4.69, 9.17) is 0 Å². The number of hydrogen-bond donors (Lipinski definition) is 3. The van der Waals surface area contributed by atoms with Crippen LogP contribution in [0.4, 0.5) is 11.4 Å². The number of rotatable bonds is 5. The minimum Gasteiger partial charge on any atom is -0.478 e. The van der Waals surface area contributed by atoms with E-state index in [0.717, 1.165) is 5.56 Å². The lowest BCUT2D eigenvalue weighted by Gasteiger charge is -2.10. The molecule has 0 aliphatic carbocycles. The van der Waals surface area contributed by atoms with Crippen LogP contribution in [0.5, 0.6) is 0 Å². The summed E-state index contributed by atoms with van der Waals surface area (Å²) in [6, 6.07) is 19.7. The summed E-state index contributed by atoms with van der Waals surface area (Å²) in [6.45, 7) is 1.94. The van der Waals surface area contributed by atoms with Crippen LogP contribution < -0.4 is 10.6 Å². The number of carboxylic acid groups (broad SMARTS) is 1. The van der Waals surface area contributed by atoms with Crippen LogP contribution in [0.3, 0.4) is 0 Å². The van der Waals surface area contributed by atoms with Crippen LogP contribution in [-0.2, 0) is 0 Å². The Kier molecular flexibility index (Phi) is 5.50. The molecule has 0 spiro atoms. The lowest BCUT2D eigenvalue weighted by molar-refractivity contribution is 0.0697. The largest absolute Gasteiger partial charge is 0.478 e. The summed E-state index contributed by atoms with van der Waals surface area (Å²) in [4.78, 5) is 36.1. The Labute approximate surface area is 161 Å². The third-order valence-electron chi connectivity index (χ3n) is 4.10. The van der Waals surface area contributed by atoms with E-state index in [-0.39, 0.29) is 17.2 Å². The van der Waals surface area contributed by atoms with Gasteiger partial charge in [-0.2, -0.15) is 0 Å². The average Bonchev–Trinajstić information content (AvgIpc) is 2.69. The summed E-state index contributed by atoms with van der Waals surface area (Å²) >= 11 is 0. The Morgan fingerprint density at radius 2 is 1.43 bits per heavy atom. The van der Waals surface area contributed by atoms with Crippen molar-refractivity contribution < 1.29 is 19.5 Å². The van der Waals surface area contributed by atoms with E-state index in [1.54, 1.807) is 42.5 Å². The van der Waals surface area contributed by atoms with Crippen molar-refractivity contribution in [2.45, 2.75) is 6.92 Å². The number of hydrogen-bond acceptors (Lipinski definition) is 3. The number of carbonyl (C=O) groups excluding carboxylic acids is 2. The molecule has 0 aliphatic rings. The molecular weight excluding hydrogens is 356 g/mol. The Morgan fingerprint density at radius 1 is 0.750 bits per heavy atom. The Morgan fingerprint density at radius 3 is 2.14 bits per heavy atom. The summed E-state index contributed by atoms with van der Waals surface area (Å²) in [7, 11) is 0. The lowest BCUT2D eigenvalue weighted by atomic mass is 10.1. The molecule has 0 saturated heterocycles. The van der Waals surface area contributed by atoms with Crippen molar-refractivity contribution in [3.63, 3.8) is 0 Å². The molecule has 0 radical (unpaired) electrons. The van der Waals surface area contributed by atoms with Crippen molar-refractivity contribution >= 4 is 29.2 Å². The minimum absolute atomic E-state index is 0.000298. The summed E-state index contributed by atoms with van der Waals surface area (Å²) in [6.07, 6.45) is 0. The molecule has 0 unspecified atom stereocenters. The van der Waals surface area contributed by atoms with E-state index in [0.29, 0.717) is 16.8 Å². The number of aryl methyl sites for hydroxylation is 1. The highest BCUT2D eigenvalue weighted by Gasteiger charge is 2.14. The Bertz CT molecular complexity index is 1040. The van der Waals surface area contributed by atoms with Gasteiger partial charge in [0, 0.05) is 16.8 Å². The van der Waals surface area contributed by atoms with Gasteiger partial charge in [0.1, 0.15) is 0 Å². The van der Waals surface area contributed by atoms with Gasteiger partial charge in [-0.05, 0) is 49.4 Å². The summed E-state index contributed by atoms with van der Waals surface area (Å²) in [5.41, 5.74) is 2.52. The highest BCUT2D eigenvalue weighted by Crippen LogP contribution is 2.18. The van der Waals surface area contributed by atoms with Crippen LogP contribution >= 0.6 is 0 Å². The summed E-state index contributed by atoms with van der Waals surface area (Å²) in [5.74, 6) is -1.89. The molecule has 3 aromatic rings. The molecule has 28 heavy (non-hydrogen) atoms. The van der Waals surface area contributed by atoms with Crippen molar-refractivity contribution in [2.24, 2.45) is 0 Å². The summed E-state index contributed by atoms with van der Waals surface area (Å²) in [5, 5.41) is 14.6. The smallest absolute Gasteiger partial charge is 0.337 e. The third-order valence-corrected chi connectivity index (χ3v) is 4.10. The van der Waals surface area contributed by atoms with E-state index >= 15 is 0 Å². The van der Waals surface area contributed by atoms with E-state index in [1.165, 1.54) is 18.2 Å². The zero-order valence-corrected chi connectivity index (χ0v) is 15.1. The fourth-order valence-corrected chi connectivity index (χ4v) is 2.62. The highest BCUT2D eigenvalue weighted by atomic mass is 16.4. The zero-order chi connectivity index (χ0) is 20.1. The van der Waals surface area contributed by atoms with Crippen LogP contribution in [0.2, 0.25) is 0 Å². The number of aromatic carboxylic acids is 1. The molecule has 6 nitrogen and oxygen atoms in total. The van der Waals surface area contributed by atoms with E-state index in [2.05, 4.69) is 10.6 Å². The molecule has 0 aromatic heterocycles. The average molecular weight is 374 g/mol. The van der Waals surface area contributed by atoms with E-state index < -0.39 is 11.9 Å². The monoisotopic (exact) mass is 374 g/mol. The Hall–Kier alpha value is -3.93. The highest BCUT2D eigenvalue weighted by molar-refractivity contribution is 6.09. The van der Waals surface area contributed by atoms with Gasteiger partial charge < -0.3 is 15.7 Å². The molecule has 0 saturated carbocycles. The van der Waals surface area contributed by atoms with Gasteiger partial charge in [-0.1, -0.05) is 35.9 Å². The van der Waals surface area contributed by atoms with Crippen molar-refractivity contribution in [3.8, 4) is 0 Å². The number of carboxylic acids is 1. The molecule has 140 valence electrons. The second-order valence-electron chi connectivity index (χ2n) is 6.21. The molecule has 0 fully saturated rings. The standard InChI is InChI=1S/C22H18N2O4/c1-14-9-11-15(12-10-14)20(25)23-17-6-4-5-16(13-17)21(26)24-19-8-3-2-7-18(19)22(27)28/h2-13H,1H3,(H,23,25)(H,24,26)(H,27,28). The van der Waals surface area contributed by atoms with Gasteiger partial charge in [0.15, 0.2) is 0 Å². The molecule has 0 bridgehead atoms. The molecule has 2 amide bonds. The van der Waals surface area contributed by atoms with Gasteiger partial charge in [-0.3, -0.25) is 9.59 Å². The topological polar surface area (TPSA) is 95.5 Å². The maximum absolute atomic E-state index is 12.5. The number of amides is 2. The van der Waals surface area contributed by atoms with Crippen molar-refractivity contribution in [1.29, 1.82) is 0 Å². The van der Waals surface area contributed by atoms with Crippen LogP contribution in [0, 0.1) is 6.92 Å². The minimum atomic E-state index is -1.13. The van der Waals surface area contributed by atoms with Gasteiger partial charge in [0.05, 0.1) is 11.3 Å². The molecule has 0 heterocycles. The first-order valence-electron chi connectivity index (χ1n) is 8.56. The predicted octanol–water partition coefficient (Wildman–Crippen LogP) is 4.20. The quantitative estimate of drug-likeness (QED) is 0.624. The van der Waals surface area contributed by atoms with Gasteiger partial charge >= 0.3 is 5.97 Å². The van der Waals surface area contributed by atoms with Gasteiger partial charge in [-0.25, -0.2) is 4.79 Å². The first-order valence-corrected chi connectivity index (χ1v) is 8.56. The van der Waals surface area contributed by atoms with Crippen LogP contribution in [-0.4, -0.2) is 22.9 Å². The number of benzene rings is 3. The molecular formula is C22H18N2O4. The van der Waals surface area contributed by atoms with E-state index in [1.807, 2.05) is 19.1 Å². The molecule has 0 aliphatic heterocycles. The molecule has 3 aromatic carbocycles. The summed E-state index contributed by atoms with van der Waals surface area (Å²) < 4.78 is 0. The SMILES string of the molecule is Cc1ccc(C(=O)Nc2cccc(C(=O)Nc3ccccc3C(=O)O)c2)cc1. The Balaban J connectivity index is 1.76. The fraction of sp³-hybridized carbons (Fsp3) is 0.0455. The third kappa shape index (κ3) is 4.42. The van der Waals surface area contributed by atoms with Gasteiger partial charge in [0.25, 0.3) is 11.8 Å². The second-order valence-corrected chi connectivity index (χ2v) is 6.21. The molecule has 3 N–H and O–H groups in total. The zero-order valence-electron chi connectivity index (χ0n) is 15.1. The fourth-order valence-electron chi connectivity index (χ4n) is 2.62. The van der Waals surface area contributed by atoms with Gasteiger partial charge in [-0.15, -0.1) is 0 Å². The van der Waals surface area contributed by atoms with Crippen molar-refractivity contribution in [3.05, 3.63) is 95.1 Å². The van der Waals surface area contributed by atoms with Crippen LogP contribution in [0.15, 0.2) is 72.8 Å². The maximum Gasteiger partial charge on any atom is 0.337 e. The molecule has 3 rings (SSSR count). The number of anilines is 2. The number of nitrogens with one attached hydrogen (secondary N) is 2. The van der Waals surface area contributed by atoms with Crippen LogP contribution in [0.1, 0.15) is 36.6 Å². The second kappa shape index (κ2) is 8.18. The predicted molar refractivity (Wildman–Crippen MR) is 107 cm³/mol. The van der Waals surface area contributed by atoms with E-state index in [9.17, 15) is 19.5 Å². The van der Waals surface area contributed by atoms with Crippen LogP contribution in [0.25, 0.3) is 0 Å². The first-order chi connectivity index (χ1) is 13.4. The normalized spacial score (nSPS) is 10.2. The lowest BCUT2D eigenvalue weighted by Crippen LogP contribution is -2.16. The van der Waals surface area contributed by atoms with Gasteiger partial charge in [0.2, 0.25) is 0 Å². The molecule has 6 heteroatoms. The van der Waals surface area contributed by atoms with Crippen molar-refractivity contribution in [1.82, 2.24) is 0 Å².